The number of carbonyl (C=O) groups is 2. The first-order chi connectivity index (χ1) is 9.58. The van der Waals surface area contributed by atoms with Gasteiger partial charge in [0.25, 0.3) is 0 Å². The predicted molar refractivity (Wildman–Crippen MR) is 72.5 cm³/mol. The molecule has 0 aromatic carbocycles. The minimum atomic E-state index is -0.448. The number of rotatable bonds is 5. The summed E-state index contributed by atoms with van der Waals surface area (Å²) in [6.45, 7) is 3.69. The number of hydrogen-bond acceptors (Lipinski definition) is 4. The van der Waals surface area contributed by atoms with Crippen LogP contribution in [0.25, 0.3) is 0 Å². The summed E-state index contributed by atoms with van der Waals surface area (Å²) in [5, 5.41) is 7.24. The lowest BCUT2D eigenvalue weighted by atomic mass is 10.3. The van der Waals surface area contributed by atoms with Crippen molar-refractivity contribution >= 4 is 23.6 Å². The maximum atomic E-state index is 11.9. The molecule has 1 aliphatic rings. The number of halogens is 1. The van der Waals surface area contributed by atoms with Gasteiger partial charge in [-0.05, 0) is 13.3 Å². The quantitative estimate of drug-likeness (QED) is 0.882. The van der Waals surface area contributed by atoms with Gasteiger partial charge in [-0.15, -0.1) is 0 Å². The Balaban J connectivity index is 1.76. The second-order valence-corrected chi connectivity index (χ2v) is 5.00. The molecule has 1 aromatic rings. The SMILES string of the molecule is CC(C(=O)NCCN1CCCOC1=O)n1cc(Cl)cn1. The van der Waals surface area contributed by atoms with E-state index in [1.54, 1.807) is 18.0 Å². The molecule has 110 valence electrons. The highest BCUT2D eigenvalue weighted by molar-refractivity contribution is 6.30. The number of ether oxygens (including phenoxy) is 1. The van der Waals surface area contributed by atoms with Crippen LogP contribution in [0.3, 0.4) is 0 Å². The molecule has 0 saturated carbocycles. The first kappa shape index (κ1) is 14.6. The number of hydrogen-bond donors (Lipinski definition) is 1. The van der Waals surface area contributed by atoms with Crippen LogP contribution in [0.2, 0.25) is 5.02 Å². The van der Waals surface area contributed by atoms with Crippen LogP contribution < -0.4 is 5.32 Å². The molecular formula is C12H17ClN4O3. The van der Waals surface area contributed by atoms with E-state index in [4.69, 9.17) is 16.3 Å². The number of carbonyl (C=O) groups excluding carboxylic acids is 2. The van der Waals surface area contributed by atoms with E-state index in [1.165, 1.54) is 10.9 Å². The van der Waals surface area contributed by atoms with Gasteiger partial charge in [-0.2, -0.15) is 5.10 Å². The summed E-state index contributed by atoms with van der Waals surface area (Å²) >= 11 is 5.76. The minimum absolute atomic E-state index is 0.171. The Morgan fingerprint density at radius 2 is 2.45 bits per heavy atom. The first-order valence-corrected chi connectivity index (χ1v) is 6.85. The molecule has 7 nitrogen and oxygen atoms in total. The fourth-order valence-corrected chi connectivity index (χ4v) is 2.05. The molecule has 2 heterocycles. The second-order valence-electron chi connectivity index (χ2n) is 4.56. The van der Waals surface area contributed by atoms with E-state index in [-0.39, 0.29) is 12.0 Å². The van der Waals surface area contributed by atoms with Gasteiger partial charge in [0.1, 0.15) is 6.04 Å². The van der Waals surface area contributed by atoms with E-state index >= 15 is 0 Å². The fraction of sp³-hybridized carbons (Fsp3) is 0.583. The molecule has 2 amide bonds. The van der Waals surface area contributed by atoms with E-state index < -0.39 is 6.04 Å². The summed E-state index contributed by atoms with van der Waals surface area (Å²) in [5.74, 6) is -0.171. The molecule has 0 radical (unpaired) electrons. The summed E-state index contributed by atoms with van der Waals surface area (Å²) in [7, 11) is 0. The summed E-state index contributed by atoms with van der Waals surface area (Å²) in [6, 6.07) is -0.448. The van der Waals surface area contributed by atoms with Crippen molar-refractivity contribution in [3.05, 3.63) is 17.4 Å². The van der Waals surface area contributed by atoms with Crippen LogP contribution in [0, 0.1) is 0 Å². The normalized spacial score (nSPS) is 16.7. The third-order valence-electron chi connectivity index (χ3n) is 3.08. The average Bonchev–Trinajstić information content (AvgIpc) is 2.86. The topological polar surface area (TPSA) is 76.5 Å². The molecule has 20 heavy (non-hydrogen) atoms. The third-order valence-corrected chi connectivity index (χ3v) is 3.28. The largest absolute Gasteiger partial charge is 0.449 e. The van der Waals surface area contributed by atoms with Crippen molar-refractivity contribution in [1.29, 1.82) is 0 Å². The van der Waals surface area contributed by atoms with E-state index in [0.29, 0.717) is 31.3 Å². The Morgan fingerprint density at radius 1 is 1.65 bits per heavy atom. The van der Waals surface area contributed by atoms with Gasteiger partial charge in [0.05, 0.1) is 17.8 Å². The number of aromatic nitrogens is 2. The molecule has 1 saturated heterocycles. The van der Waals surface area contributed by atoms with Crippen molar-refractivity contribution in [2.75, 3.05) is 26.2 Å². The Hall–Kier alpha value is -1.76. The maximum Gasteiger partial charge on any atom is 0.409 e. The first-order valence-electron chi connectivity index (χ1n) is 6.47. The standard InChI is InChI=1S/C12H17ClN4O3/c1-9(17-8-10(13)7-15-17)11(18)14-3-5-16-4-2-6-20-12(16)19/h7-9H,2-6H2,1H3,(H,14,18). The highest BCUT2D eigenvalue weighted by Gasteiger charge is 2.20. The predicted octanol–water partition coefficient (Wildman–Crippen LogP) is 1.06. The van der Waals surface area contributed by atoms with Crippen LogP contribution in [0.15, 0.2) is 12.4 Å². The van der Waals surface area contributed by atoms with Crippen LogP contribution in [0.4, 0.5) is 4.79 Å². The molecule has 1 unspecified atom stereocenters. The monoisotopic (exact) mass is 300 g/mol. The summed E-state index contributed by atoms with van der Waals surface area (Å²) in [4.78, 5) is 24.9. The van der Waals surface area contributed by atoms with Crippen molar-refractivity contribution in [2.45, 2.75) is 19.4 Å². The Bertz CT molecular complexity index is 491. The van der Waals surface area contributed by atoms with Crippen molar-refractivity contribution < 1.29 is 14.3 Å². The zero-order valence-corrected chi connectivity index (χ0v) is 12.0. The van der Waals surface area contributed by atoms with E-state index in [2.05, 4.69) is 10.4 Å². The van der Waals surface area contributed by atoms with E-state index in [1.807, 2.05) is 0 Å². The average molecular weight is 301 g/mol. The van der Waals surface area contributed by atoms with Gasteiger partial charge in [-0.25, -0.2) is 4.79 Å². The minimum Gasteiger partial charge on any atom is -0.449 e. The summed E-state index contributed by atoms with van der Waals surface area (Å²) in [6.07, 6.45) is 3.57. The smallest absolute Gasteiger partial charge is 0.409 e. The molecule has 1 fully saturated rings. The van der Waals surface area contributed by atoms with Crippen LogP contribution in [-0.2, 0) is 9.53 Å². The van der Waals surface area contributed by atoms with Gasteiger partial charge in [0, 0.05) is 25.8 Å². The maximum absolute atomic E-state index is 11.9. The van der Waals surface area contributed by atoms with E-state index in [9.17, 15) is 9.59 Å². The van der Waals surface area contributed by atoms with Crippen LogP contribution in [-0.4, -0.2) is 52.9 Å². The molecule has 1 aliphatic heterocycles. The molecule has 1 atom stereocenters. The number of nitrogens with one attached hydrogen (secondary N) is 1. The highest BCUT2D eigenvalue weighted by atomic mass is 35.5. The number of amides is 2. The highest BCUT2D eigenvalue weighted by Crippen LogP contribution is 2.10. The van der Waals surface area contributed by atoms with Crippen molar-refractivity contribution in [3.8, 4) is 0 Å². The molecule has 1 aromatic heterocycles. The third kappa shape index (κ3) is 3.63. The van der Waals surface area contributed by atoms with Crippen molar-refractivity contribution in [2.24, 2.45) is 0 Å². The molecular weight excluding hydrogens is 284 g/mol. The zero-order chi connectivity index (χ0) is 14.5. The van der Waals surface area contributed by atoms with Crippen LogP contribution >= 0.6 is 11.6 Å². The Kier molecular flexibility index (Phi) is 4.84. The number of cyclic esters (lactones) is 1. The van der Waals surface area contributed by atoms with Gasteiger partial charge in [0.2, 0.25) is 5.91 Å². The molecule has 1 N–H and O–H groups in total. The lowest BCUT2D eigenvalue weighted by molar-refractivity contribution is -0.124. The molecule has 0 aliphatic carbocycles. The van der Waals surface area contributed by atoms with Gasteiger partial charge in [-0.3, -0.25) is 9.48 Å². The zero-order valence-electron chi connectivity index (χ0n) is 11.2. The van der Waals surface area contributed by atoms with Crippen molar-refractivity contribution in [3.63, 3.8) is 0 Å². The van der Waals surface area contributed by atoms with Gasteiger partial charge < -0.3 is 15.0 Å². The van der Waals surface area contributed by atoms with E-state index in [0.717, 1.165) is 6.42 Å². The van der Waals surface area contributed by atoms with Crippen molar-refractivity contribution in [1.82, 2.24) is 20.0 Å². The van der Waals surface area contributed by atoms with Gasteiger partial charge >= 0.3 is 6.09 Å². The Labute approximate surface area is 121 Å². The van der Waals surface area contributed by atoms with Crippen LogP contribution in [0.1, 0.15) is 19.4 Å². The van der Waals surface area contributed by atoms with Gasteiger partial charge in [0.15, 0.2) is 0 Å². The molecule has 0 bridgehead atoms. The summed E-state index contributed by atoms with van der Waals surface area (Å²) < 4.78 is 6.41. The Morgan fingerprint density at radius 3 is 3.10 bits per heavy atom. The second kappa shape index (κ2) is 6.60. The molecule has 2 rings (SSSR count). The molecule has 8 heteroatoms. The fourth-order valence-electron chi connectivity index (χ4n) is 1.91. The number of nitrogens with zero attached hydrogens (tertiary/aromatic N) is 3. The summed E-state index contributed by atoms with van der Waals surface area (Å²) in [5.41, 5.74) is 0. The van der Waals surface area contributed by atoms with Gasteiger partial charge in [-0.1, -0.05) is 11.6 Å². The van der Waals surface area contributed by atoms with Crippen LogP contribution in [0.5, 0.6) is 0 Å². The molecule has 0 spiro atoms. The lowest BCUT2D eigenvalue weighted by Gasteiger charge is -2.26. The lowest BCUT2D eigenvalue weighted by Crippen LogP contribution is -2.43.